The fourth-order valence-electron chi connectivity index (χ4n) is 6.98. The Hall–Kier alpha value is -5.35. The number of ether oxygens (including phenoxy) is 1. The molecule has 0 unspecified atom stereocenters. The highest BCUT2D eigenvalue weighted by atomic mass is 35.5. The van der Waals surface area contributed by atoms with Gasteiger partial charge in [-0.05, 0) is 61.6 Å². The zero-order chi connectivity index (χ0) is 38.5. The van der Waals surface area contributed by atoms with E-state index in [4.69, 9.17) is 21.3 Å². The van der Waals surface area contributed by atoms with Crippen LogP contribution >= 0.6 is 11.6 Å². The van der Waals surface area contributed by atoms with Crippen molar-refractivity contribution in [2.45, 2.75) is 65.5 Å². The number of anilines is 1. The van der Waals surface area contributed by atoms with Crippen LogP contribution in [0.2, 0.25) is 5.02 Å². The van der Waals surface area contributed by atoms with Gasteiger partial charge < -0.3 is 24.2 Å². The summed E-state index contributed by atoms with van der Waals surface area (Å²) in [6.07, 6.45) is -2.99. The van der Waals surface area contributed by atoms with E-state index in [1.54, 1.807) is 16.4 Å². The summed E-state index contributed by atoms with van der Waals surface area (Å²) in [6, 6.07) is 8.80. The number of amides is 1. The first-order valence-electron chi connectivity index (χ1n) is 17.4. The Morgan fingerprint density at radius 2 is 1.83 bits per heavy atom. The number of fused-ring (bicyclic) bond motifs is 2. The molecule has 5 aromatic rings. The lowest BCUT2D eigenvalue weighted by molar-refractivity contribution is -0.137. The first-order chi connectivity index (χ1) is 25.7. The standard InChI is InChI=1S/C37H36ClF3N8O5/c1-4-29-31(46-11-13-47(14-12-46)34(52)30-32(51)20(2)42-19-43-30)35(53)49-36(44-33(45-49)23-7-10-27-21(3)54-18-24(27)15-23)48(29)17-26(50)9-6-22-5-8-25(16-28(22)38)37(39,40)41/h5,7-8,10,15-16,19,21,51H,4,6,9,11-14,17-18H2,1-3H3/t21-/m1/s1. The number of piperazine rings is 1. The van der Waals surface area contributed by atoms with E-state index in [1.165, 1.54) is 16.9 Å². The molecule has 1 amide bonds. The number of alkyl halides is 3. The molecule has 282 valence electrons. The summed E-state index contributed by atoms with van der Waals surface area (Å²) < 4.78 is 48.2. The van der Waals surface area contributed by atoms with E-state index in [9.17, 15) is 32.7 Å². The molecule has 2 aliphatic heterocycles. The van der Waals surface area contributed by atoms with E-state index < -0.39 is 23.2 Å². The van der Waals surface area contributed by atoms with Crippen LogP contribution in [0.15, 0.2) is 47.5 Å². The van der Waals surface area contributed by atoms with E-state index in [0.29, 0.717) is 35.5 Å². The van der Waals surface area contributed by atoms with Gasteiger partial charge in [-0.25, -0.2) is 9.97 Å². The molecule has 0 bridgehead atoms. The Morgan fingerprint density at radius 1 is 1.07 bits per heavy atom. The first kappa shape index (κ1) is 37.0. The van der Waals surface area contributed by atoms with Crippen LogP contribution in [0.5, 0.6) is 5.75 Å². The number of hydrogen-bond donors (Lipinski definition) is 1. The van der Waals surface area contributed by atoms with Gasteiger partial charge in [-0.3, -0.25) is 14.4 Å². The lowest BCUT2D eigenvalue weighted by Crippen LogP contribution is -2.51. The second-order valence-corrected chi connectivity index (χ2v) is 13.7. The number of halogens is 4. The van der Waals surface area contributed by atoms with Crippen molar-refractivity contribution in [1.82, 2.24) is 34.0 Å². The monoisotopic (exact) mass is 764 g/mol. The molecule has 13 nitrogen and oxygen atoms in total. The zero-order valence-corrected chi connectivity index (χ0v) is 30.4. The van der Waals surface area contributed by atoms with Gasteiger partial charge in [-0.2, -0.15) is 22.7 Å². The molecule has 0 spiro atoms. The number of benzene rings is 2. The number of Topliss-reactive ketones (excluding diaryl/α,β-unsaturated/α-hetero) is 1. The Labute approximate surface area is 312 Å². The fourth-order valence-corrected chi connectivity index (χ4v) is 7.26. The Bertz CT molecular complexity index is 2350. The minimum absolute atomic E-state index is 0.0397. The van der Waals surface area contributed by atoms with Crippen LogP contribution in [0.3, 0.4) is 0 Å². The van der Waals surface area contributed by atoms with Gasteiger partial charge in [-0.15, -0.1) is 5.10 Å². The van der Waals surface area contributed by atoms with Crippen molar-refractivity contribution in [2.75, 3.05) is 31.1 Å². The molecule has 0 radical (unpaired) electrons. The Balaban J connectivity index is 1.22. The second-order valence-electron chi connectivity index (χ2n) is 13.3. The molecule has 5 heterocycles. The summed E-state index contributed by atoms with van der Waals surface area (Å²) in [5.41, 5.74) is 2.81. The molecular formula is C37H36ClF3N8O5. The minimum atomic E-state index is -4.55. The topological polar surface area (TPSA) is 148 Å². The highest BCUT2D eigenvalue weighted by molar-refractivity contribution is 6.31. The lowest BCUT2D eigenvalue weighted by atomic mass is 10.0. The Morgan fingerprint density at radius 3 is 2.54 bits per heavy atom. The van der Waals surface area contributed by atoms with Crippen LogP contribution in [0.1, 0.15) is 70.5 Å². The predicted octanol–water partition coefficient (Wildman–Crippen LogP) is 5.35. The largest absolute Gasteiger partial charge is 0.504 e. The average molecular weight is 765 g/mol. The van der Waals surface area contributed by atoms with Crippen molar-refractivity contribution in [3.05, 3.63) is 97.4 Å². The van der Waals surface area contributed by atoms with Gasteiger partial charge in [0.15, 0.2) is 23.1 Å². The van der Waals surface area contributed by atoms with Gasteiger partial charge in [0.1, 0.15) is 12.0 Å². The summed E-state index contributed by atoms with van der Waals surface area (Å²) in [5, 5.41) is 15.0. The first-order valence-corrected chi connectivity index (χ1v) is 17.8. The summed E-state index contributed by atoms with van der Waals surface area (Å²) in [7, 11) is 0. The van der Waals surface area contributed by atoms with E-state index in [0.717, 1.165) is 23.3 Å². The third-order valence-electron chi connectivity index (χ3n) is 9.97. The summed E-state index contributed by atoms with van der Waals surface area (Å²) in [4.78, 5) is 57.4. The number of ketones is 1. The normalized spacial score (nSPS) is 15.9. The molecule has 2 aliphatic rings. The molecule has 1 N–H and O–H groups in total. The van der Waals surface area contributed by atoms with Crippen molar-refractivity contribution in [1.29, 1.82) is 0 Å². The second kappa shape index (κ2) is 14.5. The lowest BCUT2D eigenvalue weighted by Gasteiger charge is -2.36. The molecule has 0 saturated carbocycles. The summed E-state index contributed by atoms with van der Waals surface area (Å²) in [6.45, 7) is 6.58. The molecule has 7 rings (SSSR count). The molecule has 54 heavy (non-hydrogen) atoms. The van der Waals surface area contributed by atoms with E-state index >= 15 is 0 Å². The SMILES string of the molecule is CCc1c(N2CCN(C(=O)c3ncnc(C)c3O)CC2)c(=O)n2nc(-c3ccc4c(c3)CO[C@@H]4C)nc2n1CC(=O)CCc1ccc(C(F)(F)F)cc1Cl. The summed E-state index contributed by atoms with van der Waals surface area (Å²) in [5.74, 6) is -0.577. The number of nitrogens with zero attached hydrogens (tertiary/aromatic N) is 8. The van der Waals surface area contributed by atoms with Gasteiger partial charge in [-0.1, -0.05) is 36.7 Å². The minimum Gasteiger partial charge on any atom is -0.504 e. The van der Waals surface area contributed by atoms with Gasteiger partial charge in [0.2, 0.25) is 5.78 Å². The quantitative estimate of drug-likeness (QED) is 0.208. The van der Waals surface area contributed by atoms with Crippen molar-refractivity contribution >= 4 is 34.8 Å². The van der Waals surface area contributed by atoms with Crippen molar-refractivity contribution in [3.8, 4) is 17.1 Å². The average Bonchev–Trinajstić information content (AvgIpc) is 3.77. The number of carbonyl (C=O) groups is 2. The molecule has 1 fully saturated rings. The molecule has 0 aliphatic carbocycles. The molecule has 1 atom stereocenters. The molecule has 1 saturated heterocycles. The molecular weight excluding hydrogens is 729 g/mol. The van der Waals surface area contributed by atoms with E-state index in [2.05, 4.69) is 15.1 Å². The maximum Gasteiger partial charge on any atom is 0.416 e. The van der Waals surface area contributed by atoms with Crippen LogP contribution in [-0.2, 0) is 41.7 Å². The number of aromatic nitrogens is 6. The number of aryl methyl sites for hydroxylation is 2. The molecule has 17 heteroatoms. The van der Waals surface area contributed by atoms with Crippen LogP contribution in [0, 0.1) is 6.92 Å². The van der Waals surface area contributed by atoms with Crippen molar-refractivity contribution in [3.63, 3.8) is 0 Å². The van der Waals surface area contributed by atoms with Crippen molar-refractivity contribution in [2.24, 2.45) is 0 Å². The van der Waals surface area contributed by atoms with Gasteiger partial charge in [0, 0.05) is 43.2 Å². The van der Waals surface area contributed by atoms with Gasteiger partial charge >= 0.3 is 6.18 Å². The van der Waals surface area contributed by atoms with Crippen molar-refractivity contribution < 1.29 is 32.6 Å². The fraction of sp³-hybridized carbons (Fsp3) is 0.378. The number of rotatable bonds is 9. The number of aromatic hydroxyl groups is 1. The van der Waals surface area contributed by atoms with Gasteiger partial charge in [0.05, 0.1) is 36.2 Å². The smallest absolute Gasteiger partial charge is 0.416 e. The predicted molar refractivity (Wildman–Crippen MR) is 192 cm³/mol. The number of hydrogen-bond acceptors (Lipinski definition) is 10. The third-order valence-corrected chi connectivity index (χ3v) is 10.3. The van der Waals surface area contributed by atoms with Crippen LogP contribution in [0.25, 0.3) is 17.2 Å². The van der Waals surface area contributed by atoms with E-state index in [-0.39, 0.29) is 91.2 Å². The zero-order valence-electron chi connectivity index (χ0n) is 29.7. The van der Waals surface area contributed by atoms with Crippen LogP contribution in [-0.4, -0.2) is 77.0 Å². The maximum atomic E-state index is 14.4. The van der Waals surface area contributed by atoms with Gasteiger partial charge in [0.25, 0.3) is 11.5 Å². The molecule has 2 aromatic carbocycles. The maximum absolute atomic E-state index is 14.4. The van der Waals surface area contributed by atoms with Crippen LogP contribution < -0.4 is 10.5 Å². The molecule has 3 aromatic heterocycles. The Kier molecular flexibility index (Phi) is 9.91. The third kappa shape index (κ3) is 6.91. The van der Waals surface area contributed by atoms with E-state index in [1.807, 2.05) is 36.9 Å². The highest BCUT2D eigenvalue weighted by Gasteiger charge is 2.32. The van der Waals surface area contributed by atoms with Crippen LogP contribution in [0.4, 0.5) is 18.9 Å². The number of carbonyl (C=O) groups excluding carboxylic acids is 2. The summed E-state index contributed by atoms with van der Waals surface area (Å²) >= 11 is 6.18. The highest BCUT2D eigenvalue weighted by Crippen LogP contribution is 2.34.